The van der Waals surface area contributed by atoms with E-state index in [-0.39, 0.29) is 0 Å². The fourth-order valence-electron chi connectivity index (χ4n) is 3.69. The van der Waals surface area contributed by atoms with E-state index in [1.807, 2.05) is 0 Å². The second-order valence-electron chi connectivity index (χ2n) is 7.02. The lowest BCUT2D eigenvalue weighted by atomic mass is 9.87. The lowest BCUT2D eigenvalue weighted by molar-refractivity contribution is 0.114. The third-order valence-electron chi connectivity index (χ3n) is 5.05. The van der Waals surface area contributed by atoms with Gasteiger partial charge in [-0.3, -0.25) is 4.90 Å². The molecule has 0 aromatic heterocycles. The van der Waals surface area contributed by atoms with Crippen LogP contribution in [-0.2, 0) is 0 Å². The van der Waals surface area contributed by atoms with Crippen LogP contribution in [0.3, 0.4) is 0 Å². The summed E-state index contributed by atoms with van der Waals surface area (Å²) in [4.78, 5) is 2.65. The van der Waals surface area contributed by atoms with Crippen LogP contribution in [-0.4, -0.2) is 31.1 Å². The third kappa shape index (κ3) is 4.55. The first-order chi connectivity index (χ1) is 10.1. The molecule has 1 aliphatic carbocycles. The van der Waals surface area contributed by atoms with Gasteiger partial charge in [-0.2, -0.15) is 0 Å². The van der Waals surface area contributed by atoms with Crippen LogP contribution >= 0.6 is 0 Å². The van der Waals surface area contributed by atoms with E-state index in [9.17, 15) is 0 Å². The molecule has 1 fully saturated rings. The van der Waals surface area contributed by atoms with Gasteiger partial charge >= 0.3 is 0 Å². The normalized spacial score (nSPS) is 24.5. The summed E-state index contributed by atoms with van der Waals surface area (Å²) in [5, 5.41) is 3.44. The summed E-state index contributed by atoms with van der Waals surface area (Å²) in [6, 6.07) is 13.1. The average Bonchev–Trinajstić information content (AvgIpc) is 2.53. The molecule has 2 rings (SSSR count). The minimum absolute atomic E-state index is 0.558. The van der Waals surface area contributed by atoms with Gasteiger partial charge in [-0.05, 0) is 57.7 Å². The van der Waals surface area contributed by atoms with Gasteiger partial charge in [0.15, 0.2) is 0 Å². The average molecular weight is 288 g/mol. The number of nitrogens with one attached hydrogen (secondary N) is 1. The molecule has 118 valence electrons. The van der Waals surface area contributed by atoms with Crippen molar-refractivity contribution in [3.8, 4) is 0 Å². The van der Waals surface area contributed by atoms with Crippen LogP contribution in [0, 0.1) is 5.92 Å². The quantitative estimate of drug-likeness (QED) is 0.842. The van der Waals surface area contributed by atoms with Crippen molar-refractivity contribution in [3.05, 3.63) is 35.9 Å². The zero-order valence-corrected chi connectivity index (χ0v) is 14.2. The van der Waals surface area contributed by atoms with Crippen molar-refractivity contribution in [2.45, 2.75) is 64.1 Å². The Morgan fingerprint density at radius 2 is 1.71 bits per heavy atom. The number of hydrogen-bond acceptors (Lipinski definition) is 2. The van der Waals surface area contributed by atoms with Crippen LogP contribution in [0.25, 0.3) is 0 Å². The molecule has 1 aromatic rings. The predicted octanol–water partition coefficient (Wildman–Crippen LogP) is 4.24. The maximum atomic E-state index is 3.44. The Labute approximate surface area is 130 Å². The first-order valence-electron chi connectivity index (χ1n) is 8.56. The standard InChI is InChI=1S/C19H32N2/c1-15(2)14-19(16-8-6-5-7-9-16)21(4)18-12-10-17(20-3)11-13-18/h5-9,15,17-20H,10-14H2,1-4H3. The van der Waals surface area contributed by atoms with E-state index in [0.29, 0.717) is 6.04 Å². The van der Waals surface area contributed by atoms with E-state index in [4.69, 9.17) is 0 Å². The Bertz CT molecular complexity index is 393. The van der Waals surface area contributed by atoms with Crippen molar-refractivity contribution >= 4 is 0 Å². The highest BCUT2D eigenvalue weighted by Crippen LogP contribution is 2.32. The van der Waals surface area contributed by atoms with Gasteiger partial charge < -0.3 is 5.32 Å². The first kappa shape index (κ1) is 16.5. The number of rotatable bonds is 6. The van der Waals surface area contributed by atoms with Crippen molar-refractivity contribution in [1.82, 2.24) is 10.2 Å². The zero-order chi connectivity index (χ0) is 15.2. The van der Waals surface area contributed by atoms with Crippen LogP contribution in [0.4, 0.5) is 0 Å². The van der Waals surface area contributed by atoms with Gasteiger partial charge in [0.2, 0.25) is 0 Å². The fraction of sp³-hybridized carbons (Fsp3) is 0.684. The summed E-state index contributed by atoms with van der Waals surface area (Å²) < 4.78 is 0. The molecule has 0 spiro atoms. The van der Waals surface area contributed by atoms with Crippen LogP contribution in [0.15, 0.2) is 30.3 Å². The van der Waals surface area contributed by atoms with Gasteiger partial charge in [-0.1, -0.05) is 44.2 Å². The Morgan fingerprint density at radius 3 is 2.24 bits per heavy atom. The maximum absolute atomic E-state index is 3.44. The largest absolute Gasteiger partial charge is 0.317 e. The summed E-state index contributed by atoms with van der Waals surface area (Å²) in [7, 11) is 4.44. The Hall–Kier alpha value is -0.860. The molecular weight excluding hydrogens is 256 g/mol. The Morgan fingerprint density at radius 1 is 1.10 bits per heavy atom. The molecule has 1 aliphatic rings. The minimum Gasteiger partial charge on any atom is -0.317 e. The molecular formula is C19H32N2. The van der Waals surface area contributed by atoms with Gasteiger partial charge in [0, 0.05) is 18.1 Å². The summed E-state index contributed by atoms with van der Waals surface area (Å²) >= 11 is 0. The molecule has 1 unspecified atom stereocenters. The number of nitrogens with zero attached hydrogens (tertiary/aromatic N) is 1. The smallest absolute Gasteiger partial charge is 0.0350 e. The Kier molecular flexibility index (Phi) is 6.25. The highest BCUT2D eigenvalue weighted by molar-refractivity contribution is 5.19. The van der Waals surface area contributed by atoms with Gasteiger partial charge in [-0.15, -0.1) is 0 Å². The predicted molar refractivity (Wildman–Crippen MR) is 91.5 cm³/mol. The lowest BCUT2D eigenvalue weighted by Crippen LogP contribution is -2.41. The maximum Gasteiger partial charge on any atom is 0.0350 e. The molecule has 1 atom stereocenters. The molecule has 1 aromatic carbocycles. The molecule has 1 saturated carbocycles. The fourth-order valence-corrected chi connectivity index (χ4v) is 3.69. The van der Waals surface area contributed by atoms with Crippen LogP contribution in [0.5, 0.6) is 0 Å². The van der Waals surface area contributed by atoms with E-state index in [1.165, 1.54) is 37.7 Å². The second-order valence-corrected chi connectivity index (χ2v) is 7.02. The summed E-state index contributed by atoms with van der Waals surface area (Å²) in [6.45, 7) is 4.67. The van der Waals surface area contributed by atoms with Crippen LogP contribution in [0.2, 0.25) is 0 Å². The molecule has 2 heteroatoms. The molecule has 2 nitrogen and oxygen atoms in total. The molecule has 0 radical (unpaired) electrons. The molecule has 0 amide bonds. The van der Waals surface area contributed by atoms with Crippen molar-refractivity contribution in [1.29, 1.82) is 0 Å². The third-order valence-corrected chi connectivity index (χ3v) is 5.05. The molecule has 0 aliphatic heterocycles. The zero-order valence-electron chi connectivity index (χ0n) is 14.2. The SMILES string of the molecule is CNC1CCC(N(C)C(CC(C)C)c2ccccc2)CC1. The number of hydrogen-bond donors (Lipinski definition) is 1. The van der Waals surface area contributed by atoms with Crippen molar-refractivity contribution in [2.24, 2.45) is 5.92 Å². The molecule has 1 N–H and O–H groups in total. The Balaban J connectivity index is 2.06. The van der Waals surface area contributed by atoms with Gasteiger partial charge in [-0.25, -0.2) is 0 Å². The van der Waals surface area contributed by atoms with Crippen molar-refractivity contribution in [3.63, 3.8) is 0 Å². The van der Waals surface area contributed by atoms with Gasteiger partial charge in [0.25, 0.3) is 0 Å². The van der Waals surface area contributed by atoms with Gasteiger partial charge in [0.05, 0.1) is 0 Å². The molecule has 0 saturated heterocycles. The van der Waals surface area contributed by atoms with E-state index in [0.717, 1.165) is 18.0 Å². The van der Waals surface area contributed by atoms with E-state index >= 15 is 0 Å². The molecule has 0 heterocycles. The number of benzene rings is 1. The van der Waals surface area contributed by atoms with E-state index in [1.54, 1.807) is 0 Å². The highest BCUT2D eigenvalue weighted by Gasteiger charge is 2.28. The monoisotopic (exact) mass is 288 g/mol. The van der Waals surface area contributed by atoms with Crippen LogP contribution in [0.1, 0.15) is 57.6 Å². The second kappa shape index (κ2) is 7.95. The van der Waals surface area contributed by atoms with E-state index in [2.05, 4.69) is 68.5 Å². The topological polar surface area (TPSA) is 15.3 Å². The van der Waals surface area contributed by atoms with Crippen molar-refractivity contribution in [2.75, 3.05) is 14.1 Å². The lowest BCUT2D eigenvalue weighted by Gasteiger charge is -2.40. The van der Waals surface area contributed by atoms with Crippen LogP contribution < -0.4 is 5.32 Å². The van der Waals surface area contributed by atoms with Gasteiger partial charge in [0.1, 0.15) is 0 Å². The minimum atomic E-state index is 0.558. The highest BCUT2D eigenvalue weighted by atomic mass is 15.2. The summed E-state index contributed by atoms with van der Waals surface area (Å²) in [5.41, 5.74) is 1.48. The van der Waals surface area contributed by atoms with Crippen molar-refractivity contribution < 1.29 is 0 Å². The first-order valence-corrected chi connectivity index (χ1v) is 8.56. The molecule has 0 bridgehead atoms. The van der Waals surface area contributed by atoms with E-state index < -0.39 is 0 Å². The summed E-state index contributed by atoms with van der Waals surface area (Å²) in [5.74, 6) is 0.728. The molecule has 21 heavy (non-hydrogen) atoms. The summed E-state index contributed by atoms with van der Waals surface area (Å²) in [6.07, 6.45) is 6.52.